The van der Waals surface area contributed by atoms with E-state index in [9.17, 15) is 27.6 Å². The van der Waals surface area contributed by atoms with E-state index in [1.54, 1.807) is 6.07 Å². The molecule has 2 rings (SSSR count). The van der Waals surface area contributed by atoms with Crippen LogP contribution in [0.3, 0.4) is 0 Å². The molecule has 0 saturated heterocycles. The Morgan fingerprint density at radius 2 is 1.92 bits per heavy atom. The van der Waals surface area contributed by atoms with Crippen LogP contribution in [0.1, 0.15) is 5.56 Å². The van der Waals surface area contributed by atoms with E-state index in [0.717, 1.165) is 10.6 Å². The molecule has 1 aromatic heterocycles. The second-order valence-electron chi connectivity index (χ2n) is 5.07. The predicted molar refractivity (Wildman–Crippen MR) is 86.7 cm³/mol. The van der Waals surface area contributed by atoms with Crippen molar-refractivity contribution in [1.82, 2.24) is 4.57 Å². The summed E-state index contributed by atoms with van der Waals surface area (Å²) in [7, 11) is 0. The molecule has 1 amide bonds. The topological polar surface area (TPSA) is 77.4 Å². The first-order valence-corrected chi connectivity index (χ1v) is 7.52. The Bertz CT molecular complexity index is 880. The highest BCUT2D eigenvalue weighted by Crippen LogP contribution is 2.36. The van der Waals surface area contributed by atoms with E-state index < -0.39 is 47.3 Å². The minimum Gasteiger partial charge on any atom is -0.454 e. The van der Waals surface area contributed by atoms with Gasteiger partial charge in [0.2, 0.25) is 0 Å². The van der Waals surface area contributed by atoms with Crippen LogP contribution in [0.2, 0.25) is 5.02 Å². The van der Waals surface area contributed by atoms with Crippen molar-refractivity contribution >= 4 is 29.2 Å². The Hall–Kier alpha value is -2.81. The van der Waals surface area contributed by atoms with E-state index in [2.05, 4.69) is 5.32 Å². The number of hydrogen-bond acceptors (Lipinski definition) is 4. The summed E-state index contributed by atoms with van der Waals surface area (Å²) in [5.74, 6) is -1.69. The van der Waals surface area contributed by atoms with Crippen LogP contribution in [-0.2, 0) is 27.0 Å². The van der Waals surface area contributed by atoms with Crippen LogP contribution in [0.25, 0.3) is 0 Å². The zero-order valence-corrected chi connectivity index (χ0v) is 13.8. The second kappa shape index (κ2) is 8.05. The lowest BCUT2D eigenvalue weighted by atomic mass is 10.2. The quantitative estimate of drug-likeness (QED) is 0.799. The molecular weight excluding hydrogens is 377 g/mol. The summed E-state index contributed by atoms with van der Waals surface area (Å²) in [5.41, 5.74) is -1.67. The third kappa shape index (κ3) is 5.35. The molecule has 26 heavy (non-hydrogen) atoms. The van der Waals surface area contributed by atoms with E-state index in [1.807, 2.05) is 0 Å². The van der Waals surface area contributed by atoms with Gasteiger partial charge in [0.05, 0.1) is 10.6 Å². The molecule has 0 aliphatic rings. The Morgan fingerprint density at radius 1 is 1.19 bits per heavy atom. The van der Waals surface area contributed by atoms with Crippen molar-refractivity contribution in [1.29, 1.82) is 0 Å². The van der Waals surface area contributed by atoms with Gasteiger partial charge in [0.15, 0.2) is 6.61 Å². The third-order valence-corrected chi connectivity index (χ3v) is 3.45. The average molecular weight is 389 g/mol. The van der Waals surface area contributed by atoms with Gasteiger partial charge < -0.3 is 14.6 Å². The monoisotopic (exact) mass is 388 g/mol. The van der Waals surface area contributed by atoms with Gasteiger partial charge in [-0.25, -0.2) is 0 Å². The number of alkyl halides is 3. The highest BCUT2D eigenvalue weighted by molar-refractivity contribution is 6.31. The minimum atomic E-state index is -4.67. The second-order valence-corrected chi connectivity index (χ2v) is 5.48. The minimum absolute atomic E-state index is 0.151. The summed E-state index contributed by atoms with van der Waals surface area (Å²) in [6.45, 7) is -1.11. The Kier molecular flexibility index (Phi) is 6.04. The molecule has 0 atom stereocenters. The molecular formula is C16H12ClF3N2O4. The highest BCUT2D eigenvalue weighted by atomic mass is 35.5. The molecule has 2 aromatic rings. The lowest BCUT2D eigenvalue weighted by molar-refractivity contribution is -0.147. The number of nitrogens with one attached hydrogen (secondary N) is 1. The average Bonchev–Trinajstić information content (AvgIpc) is 2.56. The molecule has 1 N–H and O–H groups in total. The van der Waals surface area contributed by atoms with E-state index in [-0.39, 0.29) is 5.69 Å². The number of hydrogen-bond donors (Lipinski definition) is 1. The van der Waals surface area contributed by atoms with Crippen molar-refractivity contribution in [2.24, 2.45) is 0 Å². The molecule has 0 radical (unpaired) electrons. The smallest absolute Gasteiger partial charge is 0.417 e. The van der Waals surface area contributed by atoms with Gasteiger partial charge in [-0.2, -0.15) is 13.2 Å². The first-order valence-electron chi connectivity index (χ1n) is 7.14. The molecule has 0 saturated carbocycles. The van der Waals surface area contributed by atoms with Crippen LogP contribution < -0.4 is 10.9 Å². The molecule has 138 valence electrons. The van der Waals surface area contributed by atoms with E-state index in [0.29, 0.717) is 6.07 Å². The van der Waals surface area contributed by atoms with Crippen LogP contribution in [0.15, 0.2) is 47.4 Å². The summed E-state index contributed by atoms with van der Waals surface area (Å²) >= 11 is 5.48. The maximum absolute atomic E-state index is 12.8. The number of carbonyl (C=O) groups excluding carboxylic acids is 2. The first kappa shape index (κ1) is 19.5. The fourth-order valence-corrected chi connectivity index (χ4v) is 2.16. The van der Waals surface area contributed by atoms with E-state index >= 15 is 0 Å². The number of amides is 1. The van der Waals surface area contributed by atoms with Crippen LogP contribution in [-0.4, -0.2) is 23.1 Å². The summed E-state index contributed by atoms with van der Waals surface area (Å²) in [6, 6.07) is 7.14. The number of halogens is 4. The fraction of sp³-hybridized carbons (Fsp3) is 0.188. The summed E-state index contributed by atoms with van der Waals surface area (Å²) < 4.78 is 44.1. The number of aromatic nitrogens is 1. The maximum Gasteiger partial charge on any atom is 0.417 e. The number of anilines is 1. The lowest BCUT2D eigenvalue weighted by Gasteiger charge is -2.12. The van der Waals surface area contributed by atoms with Gasteiger partial charge in [-0.15, -0.1) is 0 Å². The lowest BCUT2D eigenvalue weighted by Crippen LogP contribution is -2.27. The van der Waals surface area contributed by atoms with Crippen molar-refractivity contribution in [3.8, 4) is 0 Å². The van der Waals surface area contributed by atoms with Gasteiger partial charge in [0.1, 0.15) is 6.54 Å². The van der Waals surface area contributed by atoms with Crippen molar-refractivity contribution < 1.29 is 27.5 Å². The van der Waals surface area contributed by atoms with Crippen molar-refractivity contribution in [2.75, 3.05) is 11.9 Å². The summed E-state index contributed by atoms with van der Waals surface area (Å²) in [5, 5.41) is 1.66. The normalized spacial score (nSPS) is 11.1. The predicted octanol–water partition coefficient (Wildman–Crippen LogP) is 2.70. The fourth-order valence-electron chi connectivity index (χ4n) is 1.94. The number of carbonyl (C=O) groups is 2. The van der Waals surface area contributed by atoms with E-state index in [1.165, 1.54) is 24.4 Å². The number of rotatable bonds is 5. The molecule has 0 unspecified atom stereocenters. The number of ether oxygens (including phenoxy) is 1. The van der Waals surface area contributed by atoms with Crippen molar-refractivity contribution in [2.45, 2.75) is 12.7 Å². The molecule has 10 heteroatoms. The van der Waals surface area contributed by atoms with Crippen LogP contribution in [0.4, 0.5) is 18.9 Å². The molecule has 0 aliphatic heterocycles. The van der Waals surface area contributed by atoms with Gasteiger partial charge in [-0.1, -0.05) is 17.7 Å². The summed E-state index contributed by atoms with van der Waals surface area (Å²) in [4.78, 5) is 34.8. The zero-order valence-electron chi connectivity index (χ0n) is 13.0. The van der Waals surface area contributed by atoms with Gasteiger partial charge in [0, 0.05) is 18.0 Å². The maximum atomic E-state index is 12.8. The largest absolute Gasteiger partial charge is 0.454 e. The molecule has 6 nitrogen and oxygen atoms in total. The Labute approximate surface area is 150 Å². The zero-order chi connectivity index (χ0) is 19.3. The molecule has 0 bridgehead atoms. The standard InChI is InChI=1S/C16H12ClF3N2O4/c17-12-5-4-10(7-11(12)16(18,19)20)21-13(23)9-26-15(25)8-22-6-2-1-3-14(22)24/h1-7H,8-9H2,(H,21,23). The molecule has 0 aliphatic carbocycles. The Morgan fingerprint density at radius 3 is 2.58 bits per heavy atom. The van der Waals surface area contributed by atoms with Gasteiger partial charge in [0.25, 0.3) is 11.5 Å². The number of benzene rings is 1. The van der Waals surface area contributed by atoms with Crippen LogP contribution in [0, 0.1) is 0 Å². The van der Waals surface area contributed by atoms with Gasteiger partial charge in [-0.3, -0.25) is 14.4 Å². The van der Waals surface area contributed by atoms with Gasteiger partial charge >= 0.3 is 12.1 Å². The molecule has 0 fully saturated rings. The van der Waals surface area contributed by atoms with Crippen molar-refractivity contribution in [3.05, 3.63) is 63.5 Å². The first-order chi connectivity index (χ1) is 12.2. The number of nitrogens with zero attached hydrogens (tertiary/aromatic N) is 1. The van der Waals surface area contributed by atoms with Crippen molar-refractivity contribution in [3.63, 3.8) is 0 Å². The summed E-state index contributed by atoms with van der Waals surface area (Å²) in [6.07, 6.45) is -3.30. The number of pyridine rings is 1. The highest BCUT2D eigenvalue weighted by Gasteiger charge is 2.33. The molecule has 1 aromatic carbocycles. The third-order valence-electron chi connectivity index (χ3n) is 3.12. The number of esters is 1. The molecule has 0 spiro atoms. The SMILES string of the molecule is O=C(COC(=O)Cn1ccccc1=O)Nc1ccc(Cl)c(C(F)(F)F)c1. The Balaban J connectivity index is 1.92. The van der Waals surface area contributed by atoms with E-state index in [4.69, 9.17) is 16.3 Å². The van der Waals surface area contributed by atoms with Crippen LogP contribution >= 0.6 is 11.6 Å². The molecule has 1 heterocycles. The van der Waals surface area contributed by atoms with Gasteiger partial charge in [-0.05, 0) is 24.3 Å². The van der Waals surface area contributed by atoms with Crippen LogP contribution in [0.5, 0.6) is 0 Å².